The number of hydrogen-bond donors (Lipinski definition) is 0. The summed E-state index contributed by atoms with van der Waals surface area (Å²) < 4.78 is 147. The molecule has 0 unspecified atom stereocenters. The van der Waals surface area contributed by atoms with Crippen molar-refractivity contribution in [2.75, 3.05) is 0 Å². The summed E-state index contributed by atoms with van der Waals surface area (Å²) in [6.07, 6.45) is 0. The predicted octanol–water partition coefficient (Wildman–Crippen LogP) is 7.47. The van der Waals surface area contributed by atoms with Crippen molar-refractivity contribution in [2.24, 2.45) is 0 Å². The number of rotatable bonds is 8. The molecule has 4 aromatic rings. The lowest BCUT2D eigenvalue weighted by Crippen LogP contribution is -2.13. The van der Waals surface area contributed by atoms with E-state index in [-0.39, 0.29) is 22.6 Å². The van der Waals surface area contributed by atoms with Gasteiger partial charge in [-0.2, -0.15) is 0 Å². The van der Waals surface area contributed by atoms with Gasteiger partial charge in [0.05, 0.1) is 22.3 Å². The molecule has 0 spiro atoms. The number of halogens is 10. The van der Waals surface area contributed by atoms with Crippen molar-refractivity contribution in [2.45, 2.75) is 13.2 Å². The number of para-hydroxylation sites is 2. The average Bonchev–Trinajstić information content (AvgIpc) is 2.97. The third-order valence-electron chi connectivity index (χ3n) is 5.61. The molecule has 0 radical (unpaired) electrons. The van der Waals surface area contributed by atoms with Crippen molar-refractivity contribution in [3.8, 4) is 11.5 Å². The molecule has 40 heavy (non-hydrogen) atoms. The van der Waals surface area contributed by atoms with E-state index in [2.05, 4.69) is 0 Å². The second-order valence-corrected chi connectivity index (χ2v) is 8.00. The van der Waals surface area contributed by atoms with Gasteiger partial charge in [0.2, 0.25) is 11.6 Å². The fourth-order valence-electron chi connectivity index (χ4n) is 3.56. The van der Waals surface area contributed by atoms with Gasteiger partial charge in [0.25, 0.3) is 0 Å². The fourth-order valence-corrected chi connectivity index (χ4v) is 3.56. The zero-order valence-electron chi connectivity index (χ0n) is 19.5. The number of hydrogen-bond acceptors (Lipinski definition) is 3. The standard InChI is InChI=1S/C27H12F10O3/c28-17-13(18(29)22(33)25(36)21(17)32)9-39-15-7-3-1-5-11(15)27(38)12-6-2-4-8-16(12)40-10-14-19(30)23(34)26(37)24(35)20(14)31/h1-8H,9-10H2. The van der Waals surface area contributed by atoms with Crippen LogP contribution >= 0.6 is 0 Å². The van der Waals surface area contributed by atoms with E-state index in [0.29, 0.717) is 0 Å². The highest BCUT2D eigenvalue weighted by Crippen LogP contribution is 2.30. The molecule has 0 atom stereocenters. The monoisotopic (exact) mass is 574 g/mol. The first-order valence-corrected chi connectivity index (χ1v) is 10.9. The lowest BCUT2D eigenvalue weighted by atomic mass is 10.0. The van der Waals surface area contributed by atoms with Crippen molar-refractivity contribution in [3.05, 3.63) is 129 Å². The molecule has 0 heterocycles. The van der Waals surface area contributed by atoms with Gasteiger partial charge in [-0.3, -0.25) is 4.79 Å². The van der Waals surface area contributed by atoms with E-state index in [1.807, 2.05) is 0 Å². The van der Waals surface area contributed by atoms with Crippen LogP contribution in [0, 0.1) is 58.2 Å². The summed E-state index contributed by atoms with van der Waals surface area (Å²) in [4.78, 5) is 13.3. The Bertz CT molecular complexity index is 1460. The van der Waals surface area contributed by atoms with E-state index in [1.54, 1.807) is 0 Å². The number of benzene rings is 4. The van der Waals surface area contributed by atoms with Crippen LogP contribution in [0.2, 0.25) is 0 Å². The first-order valence-electron chi connectivity index (χ1n) is 10.9. The number of carbonyl (C=O) groups is 1. The summed E-state index contributed by atoms with van der Waals surface area (Å²) >= 11 is 0. The van der Waals surface area contributed by atoms with E-state index in [1.165, 1.54) is 36.4 Å². The van der Waals surface area contributed by atoms with E-state index >= 15 is 0 Å². The lowest BCUT2D eigenvalue weighted by Gasteiger charge is -2.15. The van der Waals surface area contributed by atoms with Gasteiger partial charge >= 0.3 is 0 Å². The van der Waals surface area contributed by atoms with E-state index in [0.717, 1.165) is 12.1 Å². The lowest BCUT2D eigenvalue weighted by molar-refractivity contribution is 0.103. The molecule has 4 aromatic carbocycles. The summed E-state index contributed by atoms with van der Waals surface area (Å²) in [6, 6.07) is 10.0. The first-order chi connectivity index (χ1) is 19.0. The SMILES string of the molecule is O=C(c1ccccc1OCc1c(F)c(F)c(F)c(F)c1F)c1ccccc1OCc1c(F)c(F)c(F)c(F)c1F. The Labute approximate surface area is 218 Å². The highest BCUT2D eigenvalue weighted by atomic mass is 19.2. The van der Waals surface area contributed by atoms with Gasteiger partial charge in [-0.1, -0.05) is 24.3 Å². The van der Waals surface area contributed by atoms with Crippen LogP contribution in [0.25, 0.3) is 0 Å². The van der Waals surface area contributed by atoms with Gasteiger partial charge in [0, 0.05) is 0 Å². The molecule has 0 amide bonds. The van der Waals surface area contributed by atoms with Crippen LogP contribution in [0.1, 0.15) is 27.0 Å². The van der Waals surface area contributed by atoms with E-state index < -0.39 is 88.3 Å². The van der Waals surface area contributed by atoms with Crippen molar-refractivity contribution in [1.82, 2.24) is 0 Å². The quantitative estimate of drug-likeness (QED) is 0.0949. The minimum atomic E-state index is -2.36. The molecule has 0 bridgehead atoms. The Hall–Kier alpha value is -4.55. The van der Waals surface area contributed by atoms with Gasteiger partial charge in [-0.25, -0.2) is 43.9 Å². The average molecular weight is 574 g/mol. The van der Waals surface area contributed by atoms with Crippen molar-refractivity contribution >= 4 is 5.78 Å². The van der Waals surface area contributed by atoms with Crippen LogP contribution < -0.4 is 9.47 Å². The zero-order valence-corrected chi connectivity index (χ0v) is 19.5. The maximum absolute atomic E-state index is 14.0. The molecule has 13 heteroatoms. The molecule has 4 rings (SSSR count). The predicted molar refractivity (Wildman–Crippen MR) is 117 cm³/mol. The molecule has 0 saturated heterocycles. The van der Waals surface area contributed by atoms with Crippen LogP contribution in [-0.2, 0) is 13.2 Å². The minimum Gasteiger partial charge on any atom is -0.488 e. The number of ketones is 1. The van der Waals surface area contributed by atoms with Crippen LogP contribution in [0.4, 0.5) is 43.9 Å². The van der Waals surface area contributed by atoms with Crippen LogP contribution in [-0.4, -0.2) is 5.78 Å². The summed E-state index contributed by atoms with van der Waals surface area (Å²) in [5.41, 5.74) is -3.19. The van der Waals surface area contributed by atoms with Gasteiger partial charge in [-0.15, -0.1) is 0 Å². The van der Waals surface area contributed by atoms with Gasteiger partial charge in [-0.05, 0) is 24.3 Å². The molecule has 0 aliphatic heterocycles. The molecule has 0 aliphatic carbocycles. The first kappa shape index (κ1) is 28.5. The van der Waals surface area contributed by atoms with Crippen LogP contribution in [0.3, 0.4) is 0 Å². The maximum Gasteiger partial charge on any atom is 0.200 e. The minimum absolute atomic E-state index is 0.293. The molecule has 208 valence electrons. The Kier molecular flexibility index (Phi) is 8.03. The van der Waals surface area contributed by atoms with Crippen molar-refractivity contribution < 1.29 is 58.2 Å². The molecule has 0 fully saturated rings. The summed E-state index contributed by atoms with van der Waals surface area (Å²) in [7, 11) is 0. The second-order valence-electron chi connectivity index (χ2n) is 8.00. The second kappa shape index (κ2) is 11.3. The molecule has 0 N–H and O–H groups in total. The molecular formula is C27H12F10O3. The smallest absolute Gasteiger partial charge is 0.200 e. The van der Waals surface area contributed by atoms with E-state index in [4.69, 9.17) is 9.47 Å². The van der Waals surface area contributed by atoms with Gasteiger partial charge in [0.1, 0.15) is 24.7 Å². The van der Waals surface area contributed by atoms with Crippen molar-refractivity contribution in [3.63, 3.8) is 0 Å². The van der Waals surface area contributed by atoms with Crippen LogP contribution in [0.15, 0.2) is 48.5 Å². The number of ether oxygens (including phenoxy) is 2. The van der Waals surface area contributed by atoms with Crippen molar-refractivity contribution in [1.29, 1.82) is 0 Å². The summed E-state index contributed by atoms with van der Waals surface area (Å²) in [6.45, 7) is -2.34. The van der Waals surface area contributed by atoms with Crippen LogP contribution in [0.5, 0.6) is 11.5 Å². The van der Waals surface area contributed by atoms with E-state index in [9.17, 15) is 48.7 Å². The van der Waals surface area contributed by atoms with Gasteiger partial charge in [0.15, 0.2) is 52.3 Å². The number of carbonyl (C=O) groups excluding carboxylic acids is 1. The molecule has 0 aliphatic rings. The molecule has 0 aromatic heterocycles. The highest BCUT2D eigenvalue weighted by molar-refractivity contribution is 6.12. The third-order valence-corrected chi connectivity index (χ3v) is 5.61. The molecular weight excluding hydrogens is 562 g/mol. The Morgan fingerprint density at radius 1 is 0.450 bits per heavy atom. The highest BCUT2D eigenvalue weighted by Gasteiger charge is 2.28. The Morgan fingerprint density at radius 2 is 0.725 bits per heavy atom. The molecule has 3 nitrogen and oxygen atoms in total. The normalized spacial score (nSPS) is 11.1. The fraction of sp³-hybridized carbons (Fsp3) is 0.0741. The zero-order chi connectivity index (χ0) is 29.3. The topological polar surface area (TPSA) is 35.5 Å². The summed E-state index contributed by atoms with van der Waals surface area (Å²) in [5, 5.41) is 0. The Morgan fingerprint density at radius 3 is 1.05 bits per heavy atom. The third kappa shape index (κ3) is 5.06. The maximum atomic E-state index is 14.0. The summed E-state index contributed by atoms with van der Waals surface area (Å²) in [5.74, 6) is -23.6. The Balaban J connectivity index is 1.63. The molecule has 0 saturated carbocycles. The largest absolute Gasteiger partial charge is 0.488 e. The van der Waals surface area contributed by atoms with Gasteiger partial charge < -0.3 is 9.47 Å².